The second-order valence-corrected chi connectivity index (χ2v) is 9.74. The highest BCUT2D eigenvalue weighted by Gasteiger charge is 2.26. The van der Waals surface area contributed by atoms with Crippen molar-refractivity contribution in [2.24, 2.45) is 5.92 Å². The minimum absolute atomic E-state index is 0.457. The van der Waals surface area contributed by atoms with Gasteiger partial charge in [0.2, 0.25) is 10.0 Å². The van der Waals surface area contributed by atoms with Crippen molar-refractivity contribution in [3.05, 3.63) is 70.9 Å². The second kappa shape index (κ2) is 8.13. The Morgan fingerprint density at radius 3 is 2.48 bits per heavy atom. The molecule has 0 aliphatic carbocycles. The summed E-state index contributed by atoms with van der Waals surface area (Å²) in [5, 5.41) is 1.33. The lowest BCUT2D eigenvalue weighted by atomic mass is 9.98. The Morgan fingerprint density at radius 2 is 1.76 bits per heavy atom. The summed E-state index contributed by atoms with van der Waals surface area (Å²) in [6, 6.07) is 13.9. The van der Waals surface area contributed by atoms with Gasteiger partial charge in [-0.15, -0.1) is 0 Å². The number of nitrogens with zero attached hydrogens (tertiary/aromatic N) is 3. The minimum atomic E-state index is -3.38. The molecule has 0 N–H and O–H groups in total. The van der Waals surface area contributed by atoms with Gasteiger partial charge in [0.15, 0.2) is 0 Å². The molecular weight excluding hydrogens is 382 g/mol. The van der Waals surface area contributed by atoms with Crippen LogP contribution in [0.15, 0.2) is 54.2 Å². The summed E-state index contributed by atoms with van der Waals surface area (Å²) >= 11 is 0. The van der Waals surface area contributed by atoms with Crippen LogP contribution in [0.4, 0.5) is 0 Å². The Labute approximate surface area is 172 Å². The van der Waals surface area contributed by atoms with E-state index in [0.717, 1.165) is 36.0 Å². The largest absolute Gasteiger partial charge is 0.330 e. The van der Waals surface area contributed by atoms with Crippen molar-refractivity contribution in [3.63, 3.8) is 0 Å². The molecule has 1 aromatic heterocycles. The molecule has 5 nitrogen and oxygen atoms in total. The lowest BCUT2D eigenvalue weighted by Crippen LogP contribution is -2.38. The Morgan fingerprint density at radius 1 is 1.07 bits per heavy atom. The van der Waals surface area contributed by atoms with Crippen LogP contribution in [0.5, 0.6) is 0 Å². The SMILES string of the molecule is Cc1cc2ncn(CC3CCN(S(=O)(=O)/C=C/c4ccccc4)CC3)c2cc1C. The molecule has 0 bridgehead atoms. The van der Waals surface area contributed by atoms with Crippen molar-refractivity contribution in [1.82, 2.24) is 13.9 Å². The standard InChI is InChI=1S/C23H27N3O2S/c1-18-14-22-23(15-19(18)2)25(17-24-22)16-21-8-11-26(12-9-21)29(27,28)13-10-20-6-4-3-5-7-20/h3-7,10,13-15,17,21H,8-9,11-12,16H2,1-2H3/b13-10+. The van der Waals surface area contributed by atoms with E-state index in [0.29, 0.717) is 19.0 Å². The van der Waals surface area contributed by atoms with E-state index in [1.54, 1.807) is 10.4 Å². The first-order valence-corrected chi connectivity index (χ1v) is 11.6. The molecule has 0 atom stereocenters. The average Bonchev–Trinajstić information content (AvgIpc) is 3.09. The zero-order valence-corrected chi connectivity index (χ0v) is 17.8. The van der Waals surface area contributed by atoms with E-state index in [4.69, 9.17) is 0 Å². The molecule has 0 radical (unpaired) electrons. The van der Waals surface area contributed by atoms with Gasteiger partial charge in [-0.3, -0.25) is 0 Å². The number of hydrogen-bond acceptors (Lipinski definition) is 3. The zero-order chi connectivity index (χ0) is 20.4. The number of imidazole rings is 1. The van der Waals surface area contributed by atoms with Crippen LogP contribution in [-0.2, 0) is 16.6 Å². The molecule has 6 heteroatoms. The van der Waals surface area contributed by atoms with Crippen LogP contribution in [-0.4, -0.2) is 35.4 Å². The van der Waals surface area contributed by atoms with Gasteiger partial charge in [-0.05, 0) is 67.5 Å². The van der Waals surface area contributed by atoms with E-state index in [9.17, 15) is 8.42 Å². The van der Waals surface area contributed by atoms with Crippen molar-refractivity contribution in [3.8, 4) is 0 Å². The minimum Gasteiger partial charge on any atom is -0.330 e. The second-order valence-electron chi connectivity index (χ2n) is 7.92. The van der Waals surface area contributed by atoms with Gasteiger partial charge in [0.25, 0.3) is 0 Å². The van der Waals surface area contributed by atoms with Crippen LogP contribution in [0.2, 0.25) is 0 Å². The number of fused-ring (bicyclic) bond motifs is 1. The van der Waals surface area contributed by atoms with Crippen LogP contribution in [0.25, 0.3) is 17.1 Å². The van der Waals surface area contributed by atoms with Crippen LogP contribution in [0.3, 0.4) is 0 Å². The number of piperidine rings is 1. The maximum Gasteiger partial charge on any atom is 0.236 e. The maximum absolute atomic E-state index is 12.7. The summed E-state index contributed by atoms with van der Waals surface area (Å²) in [5.74, 6) is 0.457. The van der Waals surface area contributed by atoms with Crippen LogP contribution >= 0.6 is 0 Å². The summed E-state index contributed by atoms with van der Waals surface area (Å²) in [4.78, 5) is 4.54. The summed E-state index contributed by atoms with van der Waals surface area (Å²) in [7, 11) is -3.38. The first-order valence-electron chi connectivity index (χ1n) is 10.1. The molecule has 0 spiro atoms. The van der Waals surface area contributed by atoms with Crippen LogP contribution in [0, 0.1) is 19.8 Å². The lowest BCUT2D eigenvalue weighted by molar-refractivity contribution is 0.256. The van der Waals surface area contributed by atoms with Gasteiger partial charge in [-0.1, -0.05) is 30.3 Å². The molecule has 1 saturated heterocycles. The van der Waals surface area contributed by atoms with Gasteiger partial charge in [0, 0.05) is 25.0 Å². The summed E-state index contributed by atoms with van der Waals surface area (Å²) < 4.78 is 29.1. The van der Waals surface area contributed by atoms with E-state index in [2.05, 4.69) is 35.5 Å². The highest BCUT2D eigenvalue weighted by Crippen LogP contribution is 2.25. The number of aromatic nitrogens is 2. The molecule has 1 aliphatic heterocycles. The number of hydrogen-bond donors (Lipinski definition) is 0. The Kier molecular flexibility index (Phi) is 5.56. The third-order valence-corrected chi connectivity index (χ3v) is 7.42. The maximum atomic E-state index is 12.7. The van der Waals surface area contributed by atoms with E-state index < -0.39 is 10.0 Å². The van der Waals surface area contributed by atoms with Gasteiger partial charge < -0.3 is 4.57 Å². The fourth-order valence-electron chi connectivity index (χ4n) is 3.90. The fraction of sp³-hybridized carbons (Fsp3) is 0.348. The molecule has 0 unspecified atom stereocenters. The predicted octanol–water partition coefficient (Wildman–Crippen LogP) is 4.37. The van der Waals surface area contributed by atoms with Gasteiger partial charge in [-0.2, -0.15) is 4.31 Å². The normalized spacial score (nSPS) is 16.8. The van der Waals surface area contributed by atoms with Gasteiger partial charge in [-0.25, -0.2) is 13.4 Å². The van der Waals surface area contributed by atoms with Crippen molar-refractivity contribution in [2.75, 3.05) is 13.1 Å². The Balaban J connectivity index is 1.39. The molecule has 29 heavy (non-hydrogen) atoms. The Hall–Kier alpha value is -2.44. The smallest absolute Gasteiger partial charge is 0.236 e. The predicted molar refractivity (Wildman–Crippen MR) is 118 cm³/mol. The number of rotatable bonds is 5. The topological polar surface area (TPSA) is 55.2 Å². The third-order valence-electron chi connectivity index (χ3n) is 5.86. The molecule has 0 amide bonds. The molecule has 2 heterocycles. The molecule has 1 aliphatic rings. The van der Waals surface area contributed by atoms with Gasteiger partial charge >= 0.3 is 0 Å². The molecule has 2 aromatic carbocycles. The first kappa shape index (κ1) is 19.9. The summed E-state index contributed by atoms with van der Waals surface area (Å²) in [6.45, 7) is 6.25. The zero-order valence-electron chi connectivity index (χ0n) is 17.0. The summed E-state index contributed by atoms with van der Waals surface area (Å²) in [5.41, 5.74) is 5.60. The van der Waals surface area contributed by atoms with Crippen molar-refractivity contribution < 1.29 is 8.42 Å². The summed E-state index contributed by atoms with van der Waals surface area (Å²) in [6.07, 6.45) is 5.31. The fourth-order valence-corrected chi connectivity index (χ4v) is 5.12. The van der Waals surface area contributed by atoms with Crippen LogP contribution < -0.4 is 0 Å². The molecule has 3 aromatic rings. The average molecular weight is 410 g/mol. The van der Waals surface area contributed by atoms with Crippen molar-refractivity contribution in [1.29, 1.82) is 0 Å². The number of sulfonamides is 1. The number of benzene rings is 2. The number of aryl methyl sites for hydroxylation is 2. The van der Waals surface area contributed by atoms with Gasteiger partial charge in [0.05, 0.1) is 17.4 Å². The molecule has 152 valence electrons. The van der Waals surface area contributed by atoms with E-state index in [-0.39, 0.29) is 0 Å². The third kappa shape index (κ3) is 4.43. The van der Waals surface area contributed by atoms with Crippen LogP contribution in [0.1, 0.15) is 29.5 Å². The molecule has 4 rings (SSSR count). The van der Waals surface area contributed by atoms with E-state index in [1.807, 2.05) is 36.7 Å². The first-order chi connectivity index (χ1) is 13.9. The van der Waals surface area contributed by atoms with E-state index in [1.165, 1.54) is 16.5 Å². The molecule has 1 fully saturated rings. The van der Waals surface area contributed by atoms with Crippen molar-refractivity contribution in [2.45, 2.75) is 33.2 Å². The highest BCUT2D eigenvalue weighted by molar-refractivity contribution is 7.92. The quantitative estimate of drug-likeness (QED) is 0.629. The molecule has 0 saturated carbocycles. The monoisotopic (exact) mass is 409 g/mol. The van der Waals surface area contributed by atoms with Crippen molar-refractivity contribution >= 4 is 27.1 Å². The molecular formula is C23H27N3O2S. The Bertz CT molecular complexity index is 1130. The lowest BCUT2D eigenvalue weighted by Gasteiger charge is -2.30. The van der Waals surface area contributed by atoms with Gasteiger partial charge in [0.1, 0.15) is 0 Å². The van der Waals surface area contributed by atoms with E-state index >= 15 is 0 Å². The highest BCUT2D eigenvalue weighted by atomic mass is 32.2.